The zero-order valence-electron chi connectivity index (χ0n) is 16.1. The van der Waals surface area contributed by atoms with E-state index < -0.39 is 6.18 Å². The van der Waals surface area contributed by atoms with Crippen LogP contribution in [0.15, 0.2) is 48.7 Å². The molecule has 0 spiro atoms. The average Bonchev–Trinajstić information content (AvgIpc) is 3.09. The van der Waals surface area contributed by atoms with Gasteiger partial charge in [0.1, 0.15) is 0 Å². The first-order valence-electron chi connectivity index (χ1n) is 9.36. The Morgan fingerprint density at radius 2 is 1.93 bits per heavy atom. The molecule has 7 heteroatoms. The fourth-order valence-electron chi connectivity index (χ4n) is 3.49. The predicted octanol–water partition coefficient (Wildman–Crippen LogP) is 5.52. The number of halogens is 3. The summed E-state index contributed by atoms with van der Waals surface area (Å²) in [5, 5.41) is 12.0. The van der Waals surface area contributed by atoms with Gasteiger partial charge in [0.25, 0.3) is 0 Å². The maximum atomic E-state index is 10.4. The molecule has 0 aliphatic carbocycles. The summed E-state index contributed by atoms with van der Waals surface area (Å²) in [6, 6.07) is 15.5. The van der Waals surface area contributed by atoms with Crippen molar-refractivity contribution >= 4 is 22.3 Å². The summed E-state index contributed by atoms with van der Waals surface area (Å²) in [5.41, 5.74) is 4.97. The van der Waals surface area contributed by atoms with E-state index in [1.807, 2.05) is 6.20 Å². The molecular formula is C21H25F3N4. The smallest absolute Gasteiger partial charge is 0.380 e. The molecule has 1 aromatic heterocycles. The number of hydrogen-bond donors (Lipinski definition) is 2. The van der Waals surface area contributed by atoms with Crippen LogP contribution in [-0.4, -0.2) is 35.5 Å². The van der Waals surface area contributed by atoms with E-state index in [0.29, 0.717) is 6.04 Å². The van der Waals surface area contributed by atoms with Crippen LogP contribution in [0.5, 0.6) is 0 Å². The Morgan fingerprint density at radius 1 is 1.18 bits per heavy atom. The molecule has 4 rings (SSSR count). The quantitative estimate of drug-likeness (QED) is 0.619. The van der Waals surface area contributed by atoms with Crippen molar-refractivity contribution in [3.05, 3.63) is 54.2 Å². The molecule has 1 fully saturated rings. The number of para-hydroxylation sites is 1. The second-order valence-electron chi connectivity index (χ2n) is 7.17. The van der Waals surface area contributed by atoms with Crippen LogP contribution < -0.4 is 10.2 Å². The molecule has 28 heavy (non-hydrogen) atoms. The van der Waals surface area contributed by atoms with E-state index in [9.17, 15) is 13.2 Å². The number of rotatable bonds is 3. The highest BCUT2D eigenvalue weighted by atomic mass is 19.4. The number of benzene rings is 2. The van der Waals surface area contributed by atoms with Crippen LogP contribution in [-0.2, 0) is 0 Å². The molecule has 1 unspecified atom stereocenters. The molecule has 4 nitrogen and oxygen atoms in total. The van der Waals surface area contributed by atoms with Gasteiger partial charge in [-0.3, -0.25) is 5.10 Å². The maximum Gasteiger partial charge on any atom is 0.386 e. The molecule has 1 atom stereocenters. The normalized spacial score (nSPS) is 17.2. The van der Waals surface area contributed by atoms with Gasteiger partial charge in [-0.1, -0.05) is 18.2 Å². The lowest BCUT2D eigenvalue weighted by molar-refractivity contribution is -0.110. The number of aromatic amines is 1. The molecule has 0 amide bonds. The summed E-state index contributed by atoms with van der Waals surface area (Å²) in [7, 11) is 0. The molecule has 3 aromatic rings. The molecule has 2 heterocycles. The van der Waals surface area contributed by atoms with Crippen molar-refractivity contribution in [1.82, 2.24) is 10.2 Å². The molecule has 1 saturated heterocycles. The van der Waals surface area contributed by atoms with Gasteiger partial charge in [-0.05, 0) is 49.6 Å². The number of aryl methyl sites for hydroxylation is 1. The van der Waals surface area contributed by atoms with Gasteiger partial charge in [0.15, 0.2) is 0 Å². The van der Waals surface area contributed by atoms with E-state index in [2.05, 4.69) is 69.8 Å². The Balaban J connectivity index is 0.000000403. The highest BCUT2D eigenvalue weighted by molar-refractivity contribution is 5.81. The Labute approximate surface area is 162 Å². The van der Waals surface area contributed by atoms with E-state index in [1.54, 1.807) is 0 Å². The van der Waals surface area contributed by atoms with Crippen LogP contribution in [0.1, 0.15) is 25.3 Å². The minimum Gasteiger partial charge on any atom is -0.380 e. The van der Waals surface area contributed by atoms with Crippen LogP contribution >= 0.6 is 0 Å². The first kappa shape index (κ1) is 20.0. The van der Waals surface area contributed by atoms with Crippen molar-refractivity contribution in [2.45, 2.75) is 38.9 Å². The molecule has 1 aliphatic heterocycles. The molecule has 1 aliphatic rings. The summed E-state index contributed by atoms with van der Waals surface area (Å²) < 4.78 is 31.1. The van der Waals surface area contributed by atoms with Crippen molar-refractivity contribution in [3.8, 4) is 0 Å². The number of fused-ring (bicyclic) bond motifs is 1. The molecular weight excluding hydrogens is 365 g/mol. The third-order valence-corrected chi connectivity index (χ3v) is 4.69. The molecule has 2 aromatic carbocycles. The lowest BCUT2D eigenvalue weighted by Crippen LogP contribution is -2.42. The molecule has 0 radical (unpaired) electrons. The van der Waals surface area contributed by atoms with Gasteiger partial charge in [0.05, 0.1) is 11.7 Å². The number of hydrogen-bond acceptors (Lipinski definition) is 3. The number of aromatic nitrogens is 2. The molecule has 150 valence electrons. The highest BCUT2D eigenvalue weighted by Gasteiger charge is 2.21. The summed E-state index contributed by atoms with van der Waals surface area (Å²) in [4.78, 5) is 2.51. The van der Waals surface area contributed by atoms with E-state index in [1.165, 1.54) is 29.8 Å². The number of nitrogens with one attached hydrogen (secondary N) is 2. The van der Waals surface area contributed by atoms with Crippen molar-refractivity contribution < 1.29 is 13.2 Å². The fourth-order valence-corrected chi connectivity index (χ4v) is 3.49. The first-order valence-corrected chi connectivity index (χ1v) is 9.36. The SMILES string of the molecule is CC(F)(F)F.Cc1ccccc1N1CCCC(Nc2ccc3cn[nH]c3c2)C1. The molecule has 2 N–H and O–H groups in total. The summed E-state index contributed by atoms with van der Waals surface area (Å²) >= 11 is 0. The third kappa shape index (κ3) is 5.65. The van der Waals surface area contributed by atoms with Gasteiger partial charge in [-0.15, -0.1) is 0 Å². The van der Waals surface area contributed by atoms with E-state index >= 15 is 0 Å². The Hall–Kier alpha value is -2.70. The monoisotopic (exact) mass is 390 g/mol. The van der Waals surface area contributed by atoms with Gasteiger partial charge < -0.3 is 10.2 Å². The van der Waals surface area contributed by atoms with Gasteiger partial charge in [0.2, 0.25) is 0 Å². The van der Waals surface area contributed by atoms with Crippen molar-refractivity contribution in [1.29, 1.82) is 0 Å². The topological polar surface area (TPSA) is 44.0 Å². The minimum absolute atomic E-state index is 0.188. The summed E-state index contributed by atoms with van der Waals surface area (Å²) in [6.45, 7) is 4.57. The lowest BCUT2D eigenvalue weighted by atomic mass is 10.0. The van der Waals surface area contributed by atoms with Crippen LogP contribution in [0, 0.1) is 6.92 Å². The number of anilines is 2. The van der Waals surface area contributed by atoms with Crippen LogP contribution in [0.25, 0.3) is 10.9 Å². The summed E-state index contributed by atoms with van der Waals surface area (Å²) in [6.07, 6.45) is 0.293. The largest absolute Gasteiger partial charge is 0.386 e. The minimum atomic E-state index is -4.00. The second-order valence-corrected chi connectivity index (χ2v) is 7.17. The number of piperidine rings is 1. The second kappa shape index (κ2) is 8.54. The zero-order chi connectivity index (χ0) is 20.1. The fraction of sp³-hybridized carbons (Fsp3) is 0.381. The van der Waals surface area contributed by atoms with Crippen LogP contribution in [0.4, 0.5) is 24.5 Å². The highest BCUT2D eigenvalue weighted by Crippen LogP contribution is 2.25. The lowest BCUT2D eigenvalue weighted by Gasteiger charge is -2.36. The predicted molar refractivity (Wildman–Crippen MR) is 108 cm³/mol. The van der Waals surface area contributed by atoms with Gasteiger partial charge in [0, 0.05) is 42.8 Å². The maximum absolute atomic E-state index is 10.4. The molecule has 0 saturated carbocycles. The van der Waals surface area contributed by atoms with Crippen molar-refractivity contribution in [2.24, 2.45) is 0 Å². The van der Waals surface area contributed by atoms with Gasteiger partial charge in [-0.2, -0.15) is 18.3 Å². The van der Waals surface area contributed by atoms with E-state index in [0.717, 1.165) is 24.0 Å². The molecule has 0 bridgehead atoms. The number of nitrogens with zero attached hydrogens (tertiary/aromatic N) is 2. The number of H-pyrrole nitrogens is 1. The zero-order valence-corrected chi connectivity index (χ0v) is 16.1. The number of alkyl halides is 3. The van der Waals surface area contributed by atoms with Crippen LogP contribution in [0.3, 0.4) is 0 Å². The Morgan fingerprint density at radius 3 is 2.68 bits per heavy atom. The Bertz CT molecular complexity index is 898. The summed E-state index contributed by atoms with van der Waals surface area (Å²) in [5.74, 6) is 0. The third-order valence-electron chi connectivity index (χ3n) is 4.69. The van der Waals surface area contributed by atoms with Crippen molar-refractivity contribution in [3.63, 3.8) is 0 Å². The van der Waals surface area contributed by atoms with E-state index in [-0.39, 0.29) is 6.92 Å². The Kier molecular flexibility index (Phi) is 6.11. The van der Waals surface area contributed by atoms with Crippen LogP contribution in [0.2, 0.25) is 0 Å². The van der Waals surface area contributed by atoms with Gasteiger partial charge in [-0.25, -0.2) is 0 Å². The van der Waals surface area contributed by atoms with Crippen molar-refractivity contribution in [2.75, 3.05) is 23.3 Å². The average molecular weight is 390 g/mol. The standard InChI is InChI=1S/C19H22N4.C2H3F3/c1-14-5-2-3-7-19(14)23-10-4-6-17(13-23)21-16-9-8-15-12-20-22-18(15)11-16;1-2(3,4)5/h2-3,5,7-9,11-12,17,21H,4,6,10,13H2,1H3,(H,20,22);1H3. The van der Waals surface area contributed by atoms with E-state index in [4.69, 9.17) is 0 Å². The first-order chi connectivity index (χ1) is 13.3. The van der Waals surface area contributed by atoms with Gasteiger partial charge >= 0.3 is 6.18 Å².